The molecule has 1 N–H and O–H groups in total. The molecule has 84 valence electrons. The monoisotopic (exact) mass is 223 g/mol. The second-order valence-corrected chi connectivity index (χ2v) is 4.14. The van der Waals surface area contributed by atoms with Gasteiger partial charge in [0.2, 0.25) is 0 Å². The van der Waals surface area contributed by atoms with Gasteiger partial charge in [-0.25, -0.2) is 0 Å². The van der Waals surface area contributed by atoms with E-state index in [2.05, 4.69) is 30.4 Å². The molecule has 3 rings (SSSR count). The summed E-state index contributed by atoms with van der Waals surface area (Å²) < 4.78 is 5.62. The van der Waals surface area contributed by atoms with Crippen molar-refractivity contribution in [3.63, 3.8) is 0 Å². The van der Waals surface area contributed by atoms with E-state index in [0.29, 0.717) is 0 Å². The van der Waals surface area contributed by atoms with Crippen molar-refractivity contribution in [2.24, 2.45) is 0 Å². The van der Waals surface area contributed by atoms with Gasteiger partial charge in [-0.3, -0.25) is 0 Å². The van der Waals surface area contributed by atoms with Crippen LogP contribution in [0.5, 0.6) is 5.75 Å². The van der Waals surface area contributed by atoms with Crippen LogP contribution in [0.25, 0.3) is 5.70 Å². The summed E-state index contributed by atoms with van der Waals surface area (Å²) in [6.45, 7) is 2.07. The first-order valence-electron chi connectivity index (χ1n) is 5.63. The van der Waals surface area contributed by atoms with E-state index in [1.807, 2.05) is 30.3 Å². The summed E-state index contributed by atoms with van der Waals surface area (Å²) in [5, 5.41) is 3.39. The summed E-state index contributed by atoms with van der Waals surface area (Å²) in [6.07, 6.45) is 1.76. The SMILES string of the molecule is Cc1ccc2c(c1)NC(c1ccccc1)=CO2. The lowest BCUT2D eigenvalue weighted by Gasteiger charge is -2.19. The van der Waals surface area contributed by atoms with Crippen LogP contribution in [0.4, 0.5) is 5.69 Å². The molecular weight excluding hydrogens is 210 g/mol. The largest absolute Gasteiger partial charge is 0.461 e. The van der Waals surface area contributed by atoms with Crippen LogP contribution in [0.3, 0.4) is 0 Å². The highest BCUT2D eigenvalue weighted by Crippen LogP contribution is 2.33. The van der Waals surface area contributed by atoms with Crippen LogP contribution in [0, 0.1) is 6.92 Å². The van der Waals surface area contributed by atoms with E-state index in [1.165, 1.54) is 5.56 Å². The summed E-state index contributed by atoms with van der Waals surface area (Å²) in [5.74, 6) is 0.871. The van der Waals surface area contributed by atoms with Gasteiger partial charge in [-0.15, -0.1) is 0 Å². The molecular formula is C15H13NO. The van der Waals surface area contributed by atoms with E-state index in [-0.39, 0.29) is 0 Å². The first-order chi connectivity index (χ1) is 8.33. The first-order valence-corrected chi connectivity index (χ1v) is 5.63. The second-order valence-electron chi connectivity index (χ2n) is 4.14. The van der Waals surface area contributed by atoms with Crippen LogP contribution in [-0.4, -0.2) is 0 Å². The topological polar surface area (TPSA) is 21.3 Å². The van der Waals surface area contributed by atoms with E-state index in [1.54, 1.807) is 6.26 Å². The molecule has 0 aromatic heterocycles. The highest BCUT2D eigenvalue weighted by molar-refractivity contribution is 5.81. The predicted octanol–water partition coefficient (Wildman–Crippen LogP) is 3.80. The number of nitrogens with one attached hydrogen (secondary N) is 1. The molecule has 2 aromatic rings. The normalized spacial score (nSPS) is 13.1. The molecule has 0 saturated carbocycles. The maximum Gasteiger partial charge on any atom is 0.150 e. The van der Waals surface area contributed by atoms with Crippen molar-refractivity contribution < 1.29 is 4.74 Å². The zero-order valence-electron chi connectivity index (χ0n) is 9.60. The average Bonchev–Trinajstić information content (AvgIpc) is 2.39. The minimum Gasteiger partial charge on any atom is -0.461 e. The molecule has 0 atom stereocenters. The lowest BCUT2D eigenvalue weighted by molar-refractivity contribution is 0.480. The molecule has 0 fully saturated rings. The molecule has 0 bridgehead atoms. The number of fused-ring (bicyclic) bond motifs is 1. The molecule has 0 aliphatic carbocycles. The summed E-state index contributed by atoms with van der Waals surface area (Å²) >= 11 is 0. The third-order valence-electron chi connectivity index (χ3n) is 2.79. The van der Waals surface area contributed by atoms with Crippen molar-refractivity contribution in [1.82, 2.24) is 0 Å². The number of anilines is 1. The predicted molar refractivity (Wildman–Crippen MR) is 69.8 cm³/mol. The maximum atomic E-state index is 5.62. The van der Waals surface area contributed by atoms with Crippen molar-refractivity contribution in [2.75, 3.05) is 5.32 Å². The van der Waals surface area contributed by atoms with Gasteiger partial charge in [0.25, 0.3) is 0 Å². The Morgan fingerprint density at radius 1 is 1.00 bits per heavy atom. The van der Waals surface area contributed by atoms with Gasteiger partial charge in [0.15, 0.2) is 0 Å². The van der Waals surface area contributed by atoms with Gasteiger partial charge in [0.05, 0.1) is 11.4 Å². The Balaban J connectivity index is 1.96. The van der Waals surface area contributed by atoms with Crippen molar-refractivity contribution in [1.29, 1.82) is 0 Å². The quantitative estimate of drug-likeness (QED) is 0.794. The van der Waals surface area contributed by atoms with Gasteiger partial charge < -0.3 is 10.1 Å². The second kappa shape index (κ2) is 3.98. The van der Waals surface area contributed by atoms with Crippen LogP contribution in [0.15, 0.2) is 54.8 Å². The van der Waals surface area contributed by atoms with Gasteiger partial charge >= 0.3 is 0 Å². The van der Waals surface area contributed by atoms with E-state index >= 15 is 0 Å². The van der Waals surface area contributed by atoms with Crippen molar-refractivity contribution in [3.05, 3.63) is 65.9 Å². The van der Waals surface area contributed by atoms with Crippen molar-refractivity contribution in [2.45, 2.75) is 6.92 Å². The number of benzene rings is 2. The highest BCUT2D eigenvalue weighted by atomic mass is 16.5. The Hall–Kier alpha value is -2.22. The van der Waals surface area contributed by atoms with Crippen LogP contribution in [0.2, 0.25) is 0 Å². The minimum absolute atomic E-state index is 0.871. The third-order valence-corrected chi connectivity index (χ3v) is 2.79. The fraction of sp³-hybridized carbons (Fsp3) is 0.0667. The Kier molecular flexibility index (Phi) is 2.33. The fourth-order valence-electron chi connectivity index (χ4n) is 1.90. The van der Waals surface area contributed by atoms with Crippen molar-refractivity contribution in [3.8, 4) is 5.75 Å². The van der Waals surface area contributed by atoms with Gasteiger partial charge in [-0.05, 0) is 24.6 Å². The van der Waals surface area contributed by atoms with Gasteiger partial charge in [-0.1, -0.05) is 36.4 Å². The minimum atomic E-state index is 0.871. The molecule has 1 aliphatic rings. The number of ether oxygens (including phenoxy) is 1. The molecule has 1 heterocycles. The number of hydrogen-bond acceptors (Lipinski definition) is 2. The Labute approximate surface area is 101 Å². The third kappa shape index (κ3) is 1.89. The molecule has 2 aromatic carbocycles. The number of rotatable bonds is 1. The molecule has 17 heavy (non-hydrogen) atoms. The summed E-state index contributed by atoms with van der Waals surface area (Å²) in [7, 11) is 0. The standard InChI is InChI=1S/C15H13NO/c1-11-7-8-15-13(9-11)16-14(10-17-15)12-5-3-2-4-6-12/h2-10,16H,1H3. The smallest absolute Gasteiger partial charge is 0.150 e. The van der Waals surface area contributed by atoms with E-state index in [9.17, 15) is 0 Å². The zero-order chi connectivity index (χ0) is 11.7. The Bertz CT molecular complexity index is 573. The summed E-state index contributed by atoms with van der Waals surface area (Å²) in [4.78, 5) is 0. The van der Waals surface area contributed by atoms with Crippen molar-refractivity contribution >= 4 is 11.4 Å². The molecule has 0 radical (unpaired) electrons. The summed E-state index contributed by atoms with van der Waals surface area (Å²) in [6, 6.07) is 16.3. The van der Waals surface area contributed by atoms with Crippen LogP contribution in [-0.2, 0) is 0 Å². The van der Waals surface area contributed by atoms with Gasteiger partial charge in [0, 0.05) is 5.56 Å². The molecule has 1 aliphatic heterocycles. The lowest BCUT2D eigenvalue weighted by atomic mass is 10.1. The average molecular weight is 223 g/mol. The van der Waals surface area contributed by atoms with Gasteiger partial charge in [-0.2, -0.15) is 0 Å². The van der Waals surface area contributed by atoms with Gasteiger partial charge in [0.1, 0.15) is 12.0 Å². The zero-order valence-corrected chi connectivity index (χ0v) is 9.60. The Morgan fingerprint density at radius 2 is 1.82 bits per heavy atom. The molecule has 0 amide bonds. The highest BCUT2D eigenvalue weighted by Gasteiger charge is 2.12. The Morgan fingerprint density at radius 3 is 2.65 bits per heavy atom. The number of aryl methyl sites for hydroxylation is 1. The van der Waals surface area contributed by atoms with E-state index in [4.69, 9.17) is 4.74 Å². The molecule has 0 spiro atoms. The number of hydrogen-bond donors (Lipinski definition) is 1. The van der Waals surface area contributed by atoms with E-state index < -0.39 is 0 Å². The molecule has 2 nitrogen and oxygen atoms in total. The molecule has 2 heteroatoms. The molecule has 0 unspecified atom stereocenters. The van der Waals surface area contributed by atoms with Crippen LogP contribution < -0.4 is 10.1 Å². The van der Waals surface area contributed by atoms with Crippen LogP contribution >= 0.6 is 0 Å². The summed E-state index contributed by atoms with van der Waals surface area (Å²) in [5.41, 5.74) is 4.35. The van der Waals surface area contributed by atoms with E-state index in [0.717, 1.165) is 22.7 Å². The first kappa shape index (κ1) is 9.97. The fourth-order valence-corrected chi connectivity index (χ4v) is 1.90. The molecule has 0 saturated heterocycles. The maximum absolute atomic E-state index is 5.62. The van der Waals surface area contributed by atoms with Crippen LogP contribution in [0.1, 0.15) is 11.1 Å². The lowest BCUT2D eigenvalue weighted by Crippen LogP contribution is -2.07.